The highest BCUT2D eigenvalue weighted by molar-refractivity contribution is 14.1. The molecule has 21 saturated heterocycles. The van der Waals surface area contributed by atoms with Gasteiger partial charge >= 0.3 is 0 Å². The van der Waals surface area contributed by atoms with Crippen LogP contribution in [0.4, 0.5) is 0 Å². The van der Waals surface area contributed by atoms with Crippen molar-refractivity contribution < 1.29 is 168 Å². The van der Waals surface area contributed by atoms with E-state index in [2.05, 4.69) is 27.9 Å². The normalized spacial score (nSPS) is 50.8. The van der Waals surface area contributed by atoms with Gasteiger partial charge in [0.25, 0.3) is 0 Å². The number of rotatable bonds is 16. The molecule has 0 aliphatic carbocycles. The lowest BCUT2D eigenvalue weighted by Crippen LogP contribution is -2.68. The van der Waals surface area contributed by atoms with Gasteiger partial charge in [0.1, 0.15) is 171 Å². The molecule has 86 heavy (non-hydrogen) atoms. The maximum Gasteiger partial charge on any atom is 0.187 e. The summed E-state index contributed by atoms with van der Waals surface area (Å²) < 4.78 is 82.6. The van der Waals surface area contributed by atoms with Gasteiger partial charge < -0.3 is 174 Å². The van der Waals surface area contributed by atoms with Crippen molar-refractivity contribution in [3.63, 3.8) is 0 Å². The van der Waals surface area contributed by atoms with Crippen molar-refractivity contribution in [2.45, 2.75) is 253 Å². The van der Waals surface area contributed by atoms with Crippen LogP contribution in [-0.2, 0) is 66.3 Å². The fourth-order valence-corrected chi connectivity index (χ4v) is 12.3. The molecule has 0 amide bonds. The number of hydrogen-bond acceptors (Lipinski definition) is 35. The molecule has 502 valence electrons. The van der Waals surface area contributed by atoms with Gasteiger partial charge in [0.15, 0.2) is 44.0 Å². The van der Waals surface area contributed by atoms with Crippen LogP contribution in [-0.4, -0.2) is 374 Å². The maximum absolute atomic E-state index is 11.8. The molecule has 14 bridgehead atoms. The van der Waals surface area contributed by atoms with Gasteiger partial charge in [-0.3, -0.25) is 0 Å². The number of aliphatic hydroxyl groups excluding tert-OH is 20. The average molecular weight is 1370 g/mol. The lowest BCUT2D eigenvalue weighted by Gasteiger charge is -2.50. The van der Waals surface area contributed by atoms with Gasteiger partial charge in [0.2, 0.25) is 0 Å². The number of aliphatic hydroxyl groups is 20. The average Bonchev–Trinajstić information content (AvgIpc) is 2.50. The monoisotopic (exact) mass is 1370 g/mol. The summed E-state index contributed by atoms with van der Waals surface area (Å²) in [6.07, 6.45) is -63.1. The summed E-state index contributed by atoms with van der Waals surface area (Å²) in [6.45, 7) is -5.93. The van der Waals surface area contributed by atoms with Crippen LogP contribution < -0.4 is 5.32 Å². The molecule has 21 aliphatic rings. The van der Waals surface area contributed by atoms with Crippen molar-refractivity contribution in [3.8, 4) is 0 Å². The van der Waals surface area contributed by atoms with E-state index in [1.54, 1.807) is 0 Å². The minimum atomic E-state index is -2.20. The summed E-state index contributed by atoms with van der Waals surface area (Å²) in [5, 5.41) is 227. The molecule has 0 aromatic rings. The standard InChI is InChI=1S/C50H86INO34/c51-7-5-3-1-2-4-6-8-52-9-16-37-23(59)30(66)44(73-16)81-38-17(10-53)75-46(32(68)25(38)61)83-40-19(12-55)77-48(34(70)27(40)63)85-42-21(14-57)79-50(36(72)29(42)65)86-43-22(15-58)78-49(35(71)28(43)64)84-41-20(13-56)76-47(33(69)26(41)62)82-39-18(11-54)74-45(80-37)31(67)24(39)60/h16-50,52-72H,1-15H2/t16-,17+,18-,19+,20-,21+,22-,23+,24+,25+,26+,27-,28+,29+,30+,31+,32-,33+,34-,35+,36+,37+,38+,39+,40+,41+,42+,43+,44+,45+,46+,47+,48+,49+,50+/m0/s1. The predicted octanol–water partition coefficient (Wildman–Crippen LogP) is -11.9. The fourth-order valence-electron chi connectivity index (χ4n) is 11.7. The number of halogens is 1. The third-order valence-corrected chi connectivity index (χ3v) is 17.4. The van der Waals surface area contributed by atoms with Crippen LogP contribution in [0.25, 0.3) is 0 Å². The van der Waals surface area contributed by atoms with Crippen LogP contribution in [0.5, 0.6) is 0 Å². The Hall–Kier alpha value is -0.670. The minimum Gasteiger partial charge on any atom is -0.394 e. The molecule has 21 N–H and O–H groups in total. The zero-order chi connectivity index (χ0) is 62.4. The first-order valence-corrected chi connectivity index (χ1v) is 30.3. The Morgan fingerprint density at radius 2 is 0.419 bits per heavy atom. The van der Waals surface area contributed by atoms with E-state index >= 15 is 0 Å². The van der Waals surface area contributed by atoms with Crippen LogP contribution in [0.1, 0.15) is 38.5 Å². The molecule has 21 aliphatic heterocycles. The van der Waals surface area contributed by atoms with Crippen LogP contribution in [0.3, 0.4) is 0 Å². The number of ether oxygens (including phenoxy) is 14. The highest BCUT2D eigenvalue weighted by atomic mass is 127. The predicted molar refractivity (Wildman–Crippen MR) is 281 cm³/mol. The van der Waals surface area contributed by atoms with Crippen LogP contribution in [0, 0.1) is 0 Å². The van der Waals surface area contributed by atoms with Crippen molar-refractivity contribution in [2.75, 3.05) is 57.2 Å². The molecule has 35 atom stereocenters. The van der Waals surface area contributed by atoms with Crippen molar-refractivity contribution >= 4 is 22.6 Å². The van der Waals surface area contributed by atoms with Crippen molar-refractivity contribution in [2.24, 2.45) is 0 Å². The van der Waals surface area contributed by atoms with Gasteiger partial charge in [-0.2, -0.15) is 0 Å². The first-order chi connectivity index (χ1) is 41.2. The summed E-state index contributed by atoms with van der Waals surface area (Å²) in [6, 6.07) is 0. The molecule has 21 fully saturated rings. The van der Waals surface area contributed by atoms with E-state index in [0.717, 1.165) is 36.5 Å². The van der Waals surface area contributed by atoms with Gasteiger partial charge in [0.05, 0.1) is 39.6 Å². The van der Waals surface area contributed by atoms with Gasteiger partial charge in [-0.1, -0.05) is 48.3 Å². The van der Waals surface area contributed by atoms with E-state index < -0.39 is 255 Å². The van der Waals surface area contributed by atoms with Gasteiger partial charge in [-0.25, -0.2) is 0 Å². The Morgan fingerprint density at radius 3 is 0.628 bits per heavy atom. The van der Waals surface area contributed by atoms with Crippen molar-refractivity contribution in [1.29, 1.82) is 0 Å². The largest absolute Gasteiger partial charge is 0.394 e. The number of alkyl halides is 1. The van der Waals surface area contributed by atoms with Crippen molar-refractivity contribution in [1.82, 2.24) is 5.32 Å². The van der Waals surface area contributed by atoms with Gasteiger partial charge in [-0.15, -0.1) is 0 Å². The Kier molecular flexibility index (Phi) is 26.9. The molecule has 0 spiro atoms. The van der Waals surface area contributed by atoms with E-state index in [1.807, 2.05) is 0 Å². The quantitative estimate of drug-likeness (QED) is 0.0388. The van der Waals surface area contributed by atoms with Crippen LogP contribution in [0.2, 0.25) is 0 Å². The molecule has 36 heteroatoms. The van der Waals surface area contributed by atoms with Gasteiger partial charge in [0, 0.05) is 6.54 Å². The second kappa shape index (κ2) is 32.5. The molecule has 0 aromatic carbocycles. The zero-order valence-corrected chi connectivity index (χ0v) is 48.5. The summed E-state index contributed by atoms with van der Waals surface area (Å²) >= 11 is 2.31. The number of hydrogen-bond donors (Lipinski definition) is 21. The van der Waals surface area contributed by atoms with Crippen LogP contribution in [0.15, 0.2) is 0 Å². The first kappa shape index (κ1) is 71.2. The maximum atomic E-state index is 11.8. The lowest BCUT2D eigenvalue weighted by atomic mass is 9.95. The minimum absolute atomic E-state index is 0.177. The number of unbranched alkanes of at least 4 members (excludes halogenated alkanes) is 5. The van der Waals surface area contributed by atoms with Crippen molar-refractivity contribution in [3.05, 3.63) is 0 Å². The SMILES string of the molecule is OC[C@@H]1O[C@@H]2O[C@H]3[C@H](O)[C@@H](O)[C@@H](O[C@H]4[C@H](O)[C@H](O)[C@@H](O[C@H]5[C@@H](O)[C@H](O)[C@@H](O[C@H]6[C@H](O)[C@@H](O)[C@@H](O[C@H]7[C@H](O)[C@@H](O)[C@@H](O[C@H]8[C@H](O)[C@@H](O)[C@@H](O[C@H]1[C@H](O)[C@H]2O)O[C@H]8CO)O[C@H]7CO)O[C@@H]6CO)O[C@@H]5CO)O[C@@H]4CO)O[C@H]3CNCCCCCCCCI. The Labute approximate surface area is 505 Å². The second-order valence-corrected chi connectivity index (χ2v) is 23.6. The third-order valence-electron chi connectivity index (χ3n) is 16.7. The highest BCUT2D eigenvalue weighted by Gasteiger charge is 2.59. The van der Waals surface area contributed by atoms with Gasteiger partial charge in [-0.05, 0) is 23.8 Å². The molecule has 0 aromatic heterocycles. The third kappa shape index (κ3) is 15.6. The molecule has 0 saturated carbocycles. The molecule has 21 heterocycles. The van der Waals surface area contributed by atoms with E-state index in [0.29, 0.717) is 13.0 Å². The Morgan fingerprint density at radius 1 is 0.233 bits per heavy atom. The Bertz CT molecular complexity index is 1990. The summed E-state index contributed by atoms with van der Waals surface area (Å²) in [5.41, 5.74) is 0. The zero-order valence-electron chi connectivity index (χ0n) is 46.4. The smallest absolute Gasteiger partial charge is 0.187 e. The van der Waals surface area contributed by atoms with E-state index in [9.17, 15) is 102 Å². The van der Waals surface area contributed by atoms with E-state index in [1.165, 1.54) is 0 Å². The Balaban J connectivity index is 1.08. The lowest BCUT2D eigenvalue weighted by molar-refractivity contribution is -0.396. The molecular weight excluding hydrogens is 1290 g/mol. The highest BCUT2D eigenvalue weighted by Crippen LogP contribution is 2.39. The van der Waals surface area contributed by atoms with Crippen LogP contribution >= 0.6 is 22.6 Å². The molecule has 21 rings (SSSR count). The molecule has 0 unspecified atom stereocenters. The summed E-state index contributed by atoms with van der Waals surface area (Å²) in [4.78, 5) is 0. The molecule has 0 radical (unpaired) electrons. The molecular formula is C50H86INO34. The van der Waals surface area contributed by atoms with E-state index in [4.69, 9.17) is 66.3 Å². The second-order valence-electron chi connectivity index (χ2n) is 22.5. The fraction of sp³-hybridized carbons (Fsp3) is 1.00. The first-order valence-electron chi connectivity index (χ1n) is 28.8. The molecule has 35 nitrogen and oxygen atoms in total. The topological polar surface area (TPSA) is 546 Å². The summed E-state index contributed by atoms with van der Waals surface area (Å²) in [7, 11) is 0. The van der Waals surface area contributed by atoms with E-state index in [-0.39, 0.29) is 6.54 Å². The summed E-state index contributed by atoms with van der Waals surface area (Å²) in [5.74, 6) is 0. The number of nitrogens with one attached hydrogen (secondary N) is 1.